The number of ether oxygens (including phenoxy) is 1. The third-order valence-corrected chi connectivity index (χ3v) is 3.00. The largest absolute Gasteiger partial charge is 0.381 e. The van der Waals surface area contributed by atoms with Crippen LogP contribution in [0.1, 0.15) is 6.42 Å². The Hall–Kier alpha value is -2.01. The predicted molar refractivity (Wildman–Crippen MR) is 67.1 cm³/mol. The first-order valence-electron chi connectivity index (χ1n) is 5.93. The maximum atomic E-state index is 11.9. The summed E-state index contributed by atoms with van der Waals surface area (Å²) in [7, 11) is 0. The number of nitrogens with zero attached hydrogens (tertiary/aromatic N) is 2. The molecule has 0 aliphatic carbocycles. The highest BCUT2D eigenvalue weighted by atomic mass is 16.5. The summed E-state index contributed by atoms with van der Waals surface area (Å²) in [5, 5.41) is 2.78. The normalized spacial score (nSPS) is 19.0. The highest BCUT2D eigenvalue weighted by Crippen LogP contribution is 2.16. The van der Waals surface area contributed by atoms with Crippen LogP contribution in [-0.2, 0) is 9.53 Å². The van der Waals surface area contributed by atoms with Crippen LogP contribution < -0.4 is 5.32 Å². The molecule has 1 atom stereocenters. The van der Waals surface area contributed by atoms with Gasteiger partial charge in [-0.25, -0.2) is 4.98 Å². The fourth-order valence-electron chi connectivity index (χ4n) is 1.99. The molecule has 1 aliphatic heterocycles. The van der Waals surface area contributed by atoms with E-state index < -0.39 is 0 Å². The van der Waals surface area contributed by atoms with Gasteiger partial charge in [0.05, 0.1) is 29.8 Å². The van der Waals surface area contributed by atoms with Gasteiger partial charge in [-0.3, -0.25) is 9.78 Å². The summed E-state index contributed by atoms with van der Waals surface area (Å²) >= 11 is 0. The number of benzene rings is 1. The van der Waals surface area contributed by atoms with Crippen molar-refractivity contribution in [3.05, 3.63) is 30.5 Å². The van der Waals surface area contributed by atoms with Gasteiger partial charge in [0.25, 0.3) is 0 Å². The molecule has 3 rings (SSSR count). The number of anilines is 1. The van der Waals surface area contributed by atoms with Crippen molar-refractivity contribution in [1.82, 2.24) is 9.97 Å². The van der Waals surface area contributed by atoms with Crippen LogP contribution in [0.2, 0.25) is 0 Å². The predicted octanol–water partition coefficient (Wildman–Crippen LogP) is 1.60. The molecule has 1 amide bonds. The number of fused-ring (bicyclic) bond motifs is 1. The minimum atomic E-state index is -0.0710. The number of rotatable bonds is 2. The third-order valence-electron chi connectivity index (χ3n) is 3.00. The van der Waals surface area contributed by atoms with Crippen molar-refractivity contribution in [1.29, 1.82) is 0 Å². The zero-order valence-corrected chi connectivity index (χ0v) is 9.80. The molecule has 1 fully saturated rings. The van der Waals surface area contributed by atoms with Gasteiger partial charge in [-0.1, -0.05) is 12.1 Å². The van der Waals surface area contributed by atoms with Crippen LogP contribution in [0.25, 0.3) is 11.0 Å². The zero-order chi connectivity index (χ0) is 12.4. The lowest BCUT2D eigenvalue weighted by Gasteiger charge is -2.08. The van der Waals surface area contributed by atoms with Gasteiger partial charge in [0.1, 0.15) is 0 Å². The van der Waals surface area contributed by atoms with Crippen molar-refractivity contribution in [2.75, 3.05) is 18.5 Å². The van der Waals surface area contributed by atoms with E-state index in [0.717, 1.165) is 17.5 Å². The van der Waals surface area contributed by atoms with Crippen molar-refractivity contribution < 1.29 is 9.53 Å². The zero-order valence-electron chi connectivity index (χ0n) is 9.80. The standard InChI is InChI=1S/C13H13N3O2/c17-13(9-5-6-18-8-9)16-12-7-14-10-3-1-2-4-11(10)15-12/h1-4,7,9H,5-6,8H2,(H,15,16,17)/t9-/m1/s1. The molecule has 5 nitrogen and oxygen atoms in total. The molecule has 5 heteroatoms. The van der Waals surface area contributed by atoms with Crippen LogP contribution in [0.3, 0.4) is 0 Å². The van der Waals surface area contributed by atoms with Crippen molar-refractivity contribution in [3.8, 4) is 0 Å². The van der Waals surface area contributed by atoms with E-state index in [9.17, 15) is 4.79 Å². The number of carbonyl (C=O) groups excluding carboxylic acids is 1. The molecular weight excluding hydrogens is 230 g/mol. The fourth-order valence-corrected chi connectivity index (χ4v) is 1.99. The summed E-state index contributed by atoms with van der Waals surface area (Å²) in [6, 6.07) is 7.56. The molecule has 0 spiro atoms. The van der Waals surface area contributed by atoms with E-state index in [1.165, 1.54) is 0 Å². The van der Waals surface area contributed by atoms with Gasteiger partial charge in [-0.05, 0) is 18.6 Å². The molecule has 0 radical (unpaired) electrons. The van der Waals surface area contributed by atoms with E-state index >= 15 is 0 Å². The Bertz CT molecular complexity index is 579. The minimum Gasteiger partial charge on any atom is -0.381 e. The van der Waals surface area contributed by atoms with Crippen molar-refractivity contribution in [3.63, 3.8) is 0 Å². The van der Waals surface area contributed by atoms with Crippen LogP contribution >= 0.6 is 0 Å². The number of carbonyl (C=O) groups is 1. The maximum Gasteiger partial charge on any atom is 0.231 e. The van der Waals surface area contributed by atoms with Gasteiger partial charge >= 0.3 is 0 Å². The first kappa shape index (κ1) is 11.1. The van der Waals surface area contributed by atoms with Crippen LogP contribution in [0.15, 0.2) is 30.5 Å². The Kier molecular flexibility index (Phi) is 2.90. The second-order valence-electron chi connectivity index (χ2n) is 4.29. The van der Waals surface area contributed by atoms with E-state index in [-0.39, 0.29) is 11.8 Å². The van der Waals surface area contributed by atoms with Gasteiger partial charge in [0.2, 0.25) is 5.91 Å². The molecule has 92 valence electrons. The molecule has 1 aromatic heterocycles. The van der Waals surface area contributed by atoms with E-state index in [4.69, 9.17) is 4.74 Å². The van der Waals surface area contributed by atoms with Gasteiger partial charge in [0, 0.05) is 6.61 Å². The van der Waals surface area contributed by atoms with Crippen LogP contribution in [-0.4, -0.2) is 29.1 Å². The number of para-hydroxylation sites is 2. The molecule has 0 unspecified atom stereocenters. The van der Waals surface area contributed by atoms with Crippen molar-refractivity contribution >= 4 is 22.8 Å². The summed E-state index contributed by atoms with van der Waals surface area (Å²) in [5.41, 5.74) is 1.60. The molecule has 1 N–H and O–H groups in total. The Morgan fingerprint density at radius 2 is 2.17 bits per heavy atom. The summed E-state index contributed by atoms with van der Waals surface area (Å²) in [6.07, 6.45) is 2.35. The van der Waals surface area contributed by atoms with E-state index in [1.807, 2.05) is 24.3 Å². The topological polar surface area (TPSA) is 64.1 Å². The number of nitrogens with one attached hydrogen (secondary N) is 1. The lowest BCUT2D eigenvalue weighted by Crippen LogP contribution is -2.23. The molecule has 0 bridgehead atoms. The summed E-state index contributed by atoms with van der Waals surface area (Å²) in [5.74, 6) is 0.376. The molecule has 2 heterocycles. The lowest BCUT2D eigenvalue weighted by atomic mass is 10.1. The average molecular weight is 243 g/mol. The number of aromatic nitrogens is 2. The first-order valence-corrected chi connectivity index (χ1v) is 5.93. The monoisotopic (exact) mass is 243 g/mol. The molecule has 1 saturated heterocycles. The number of hydrogen-bond acceptors (Lipinski definition) is 4. The van der Waals surface area contributed by atoms with Crippen molar-refractivity contribution in [2.45, 2.75) is 6.42 Å². The highest BCUT2D eigenvalue weighted by molar-refractivity contribution is 5.92. The number of amides is 1. The second-order valence-corrected chi connectivity index (χ2v) is 4.29. The molecule has 2 aromatic rings. The molecule has 18 heavy (non-hydrogen) atoms. The van der Waals surface area contributed by atoms with E-state index in [2.05, 4.69) is 15.3 Å². The van der Waals surface area contributed by atoms with Gasteiger partial charge < -0.3 is 10.1 Å². The fraction of sp³-hybridized carbons (Fsp3) is 0.308. The quantitative estimate of drug-likeness (QED) is 0.870. The smallest absolute Gasteiger partial charge is 0.231 e. The van der Waals surface area contributed by atoms with Crippen LogP contribution in [0, 0.1) is 5.92 Å². The molecular formula is C13H13N3O2. The van der Waals surface area contributed by atoms with Gasteiger partial charge in [-0.2, -0.15) is 0 Å². The van der Waals surface area contributed by atoms with E-state index in [0.29, 0.717) is 19.0 Å². The van der Waals surface area contributed by atoms with E-state index in [1.54, 1.807) is 6.20 Å². The second kappa shape index (κ2) is 4.70. The lowest BCUT2D eigenvalue weighted by molar-refractivity contribution is -0.119. The Morgan fingerprint density at radius 1 is 1.33 bits per heavy atom. The number of hydrogen-bond donors (Lipinski definition) is 1. The third kappa shape index (κ3) is 2.17. The van der Waals surface area contributed by atoms with Crippen molar-refractivity contribution in [2.24, 2.45) is 5.92 Å². The molecule has 1 aromatic carbocycles. The molecule has 0 saturated carbocycles. The summed E-state index contributed by atoms with van der Waals surface area (Å²) < 4.78 is 5.19. The minimum absolute atomic E-state index is 0.0444. The average Bonchev–Trinajstić information content (AvgIpc) is 2.92. The summed E-state index contributed by atoms with van der Waals surface area (Å²) in [4.78, 5) is 20.5. The SMILES string of the molecule is O=C(Nc1cnc2ccccc2n1)[C@@H]1CCOC1. The Labute approximate surface area is 104 Å². The first-order chi connectivity index (χ1) is 8.83. The Balaban J connectivity index is 1.79. The molecule has 1 aliphatic rings. The van der Waals surface area contributed by atoms with Crippen LogP contribution in [0.5, 0.6) is 0 Å². The van der Waals surface area contributed by atoms with Gasteiger partial charge in [-0.15, -0.1) is 0 Å². The maximum absolute atomic E-state index is 11.9. The van der Waals surface area contributed by atoms with Gasteiger partial charge in [0.15, 0.2) is 5.82 Å². The summed E-state index contributed by atoms with van der Waals surface area (Å²) in [6.45, 7) is 1.15. The van der Waals surface area contributed by atoms with Crippen LogP contribution in [0.4, 0.5) is 5.82 Å². The highest BCUT2D eigenvalue weighted by Gasteiger charge is 2.23. The Morgan fingerprint density at radius 3 is 2.94 bits per heavy atom.